The molecule has 0 bridgehead atoms. The highest BCUT2D eigenvalue weighted by Gasteiger charge is 2.28. The first-order valence-electron chi connectivity index (χ1n) is 4.29. The lowest BCUT2D eigenvalue weighted by Gasteiger charge is -2.07. The van der Waals surface area contributed by atoms with Gasteiger partial charge in [-0.2, -0.15) is 13.2 Å². The second-order valence-electron chi connectivity index (χ2n) is 2.83. The lowest BCUT2D eigenvalue weighted by molar-refractivity contribution is -0.154. The Morgan fingerprint density at radius 3 is 2.62 bits per heavy atom. The number of pyridine rings is 1. The molecule has 1 rings (SSSR count). The third kappa shape index (κ3) is 4.59. The third-order valence-corrected chi connectivity index (χ3v) is 1.51. The number of carbonyl (C=O) groups is 1. The summed E-state index contributed by atoms with van der Waals surface area (Å²) >= 11 is 0. The van der Waals surface area contributed by atoms with Crippen molar-refractivity contribution in [3.63, 3.8) is 0 Å². The van der Waals surface area contributed by atoms with Gasteiger partial charge in [0, 0.05) is 12.3 Å². The van der Waals surface area contributed by atoms with Gasteiger partial charge in [-0.25, -0.2) is 4.98 Å². The van der Waals surface area contributed by atoms with Crippen LogP contribution in [0, 0.1) is 0 Å². The van der Waals surface area contributed by atoms with Crippen LogP contribution < -0.4 is 4.74 Å². The number of aromatic nitrogens is 1. The minimum Gasteiger partial charge on any atom is -0.468 e. The summed E-state index contributed by atoms with van der Waals surface area (Å²) in [4.78, 5) is 13.6. The van der Waals surface area contributed by atoms with E-state index in [0.717, 1.165) is 0 Å². The van der Waals surface area contributed by atoms with E-state index >= 15 is 0 Å². The maximum Gasteiger partial charge on any atom is 0.422 e. The van der Waals surface area contributed by atoms with E-state index in [-0.39, 0.29) is 5.88 Å². The van der Waals surface area contributed by atoms with Gasteiger partial charge in [-0.15, -0.1) is 0 Å². The van der Waals surface area contributed by atoms with Crippen molar-refractivity contribution in [2.75, 3.05) is 6.61 Å². The summed E-state index contributed by atoms with van der Waals surface area (Å²) < 4.78 is 39.8. The second-order valence-corrected chi connectivity index (χ2v) is 2.83. The van der Waals surface area contributed by atoms with Crippen LogP contribution in [0.1, 0.15) is 5.56 Å². The third-order valence-electron chi connectivity index (χ3n) is 1.51. The van der Waals surface area contributed by atoms with Crippen molar-refractivity contribution in [2.45, 2.75) is 6.18 Å². The van der Waals surface area contributed by atoms with Gasteiger partial charge >= 0.3 is 6.18 Å². The number of ether oxygens (including phenoxy) is 1. The Morgan fingerprint density at radius 1 is 1.38 bits per heavy atom. The lowest BCUT2D eigenvalue weighted by Crippen LogP contribution is -2.19. The zero-order valence-corrected chi connectivity index (χ0v) is 8.07. The standard InChI is InChI=1S/C10H8F3NO2/c11-10(12,13)7-16-9-4-3-8(6-14-9)2-1-5-15/h1-6H,7H2. The summed E-state index contributed by atoms with van der Waals surface area (Å²) in [6.45, 7) is -1.37. The van der Waals surface area contributed by atoms with E-state index in [9.17, 15) is 18.0 Å². The molecule has 0 aliphatic carbocycles. The van der Waals surface area contributed by atoms with Gasteiger partial charge in [0.05, 0.1) is 0 Å². The number of alkyl halides is 3. The highest BCUT2D eigenvalue weighted by atomic mass is 19.4. The predicted octanol–water partition coefficient (Wildman–Crippen LogP) is 2.23. The van der Waals surface area contributed by atoms with Crippen LogP contribution in [0.5, 0.6) is 5.88 Å². The van der Waals surface area contributed by atoms with E-state index < -0.39 is 12.8 Å². The fraction of sp³-hybridized carbons (Fsp3) is 0.200. The van der Waals surface area contributed by atoms with Crippen molar-refractivity contribution in [2.24, 2.45) is 0 Å². The summed E-state index contributed by atoms with van der Waals surface area (Å²) in [7, 11) is 0. The first-order chi connectivity index (χ1) is 7.51. The van der Waals surface area contributed by atoms with Crippen molar-refractivity contribution in [1.29, 1.82) is 0 Å². The number of hydrogen-bond acceptors (Lipinski definition) is 3. The molecule has 0 saturated heterocycles. The topological polar surface area (TPSA) is 39.2 Å². The van der Waals surface area contributed by atoms with E-state index in [0.29, 0.717) is 11.8 Å². The molecule has 0 amide bonds. The number of hydrogen-bond donors (Lipinski definition) is 0. The van der Waals surface area contributed by atoms with E-state index in [2.05, 4.69) is 9.72 Å². The number of carbonyl (C=O) groups excluding carboxylic acids is 1. The summed E-state index contributed by atoms with van der Waals surface area (Å²) in [5.74, 6) is -0.111. The number of aldehydes is 1. The molecule has 0 atom stereocenters. The molecule has 0 radical (unpaired) electrons. The molecule has 0 aromatic carbocycles. The highest BCUT2D eigenvalue weighted by Crippen LogP contribution is 2.17. The zero-order valence-electron chi connectivity index (χ0n) is 8.07. The quantitative estimate of drug-likeness (QED) is 0.589. The number of allylic oxidation sites excluding steroid dienone is 1. The average molecular weight is 231 g/mol. The van der Waals surface area contributed by atoms with Crippen LogP contribution in [0.2, 0.25) is 0 Å². The van der Waals surface area contributed by atoms with Crippen molar-refractivity contribution in [3.05, 3.63) is 30.0 Å². The molecule has 1 aromatic rings. The molecular weight excluding hydrogens is 223 g/mol. The molecule has 0 saturated carbocycles. The monoisotopic (exact) mass is 231 g/mol. The average Bonchev–Trinajstić information content (AvgIpc) is 2.24. The Kier molecular flexibility index (Phi) is 4.04. The number of nitrogens with zero attached hydrogens (tertiary/aromatic N) is 1. The normalized spacial score (nSPS) is 11.7. The van der Waals surface area contributed by atoms with Gasteiger partial charge in [0.25, 0.3) is 0 Å². The summed E-state index contributed by atoms with van der Waals surface area (Å²) in [5.41, 5.74) is 0.603. The molecule has 86 valence electrons. The molecular formula is C10H8F3NO2. The van der Waals surface area contributed by atoms with Crippen molar-refractivity contribution in [3.8, 4) is 5.88 Å². The molecule has 0 spiro atoms. The molecule has 16 heavy (non-hydrogen) atoms. The second kappa shape index (κ2) is 5.29. The fourth-order valence-electron chi connectivity index (χ4n) is 0.882. The smallest absolute Gasteiger partial charge is 0.422 e. The molecule has 0 aliphatic rings. The maximum atomic E-state index is 11.8. The predicted molar refractivity (Wildman–Crippen MR) is 50.9 cm³/mol. The molecule has 0 N–H and O–H groups in total. The van der Waals surface area contributed by atoms with Gasteiger partial charge < -0.3 is 4.74 Å². The van der Waals surface area contributed by atoms with E-state index in [1.807, 2.05) is 0 Å². The Hall–Kier alpha value is -1.85. The number of halogens is 3. The first-order valence-corrected chi connectivity index (χ1v) is 4.29. The molecule has 0 fully saturated rings. The first kappa shape index (κ1) is 12.2. The van der Waals surface area contributed by atoms with Crippen molar-refractivity contribution in [1.82, 2.24) is 4.98 Å². The van der Waals surface area contributed by atoms with Gasteiger partial charge in [0.15, 0.2) is 6.61 Å². The maximum absolute atomic E-state index is 11.8. The molecule has 6 heteroatoms. The fourth-order valence-corrected chi connectivity index (χ4v) is 0.882. The Balaban J connectivity index is 2.58. The van der Waals surface area contributed by atoms with Crippen LogP contribution >= 0.6 is 0 Å². The van der Waals surface area contributed by atoms with Crippen LogP contribution in [0.15, 0.2) is 24.4 Å². The largest absolute Gasteiger partial charge is 0.468 e. The minimum atomic E-state index is -4.38. The van der Waals surface area contributed by atoms with E-state index in [4.69, 9.17) is 0 Å². The van der Waals surface area contributed by atoms with Crippen LogP contribution in [0.25, 0.3) is 6.08 Å². The van der Waals surface area contributed by atoms with Crippen LogP contribution in [0.4, 0.5) is 13.2 Å². The Bertz CT molecular complexity index is 371. The van der Waals surface area contributed by atoms with Gasteiger partial charge in [-0.05, 0) is 17.7 Å². The Morgan fingerprint density at radius 2 is 2.12 bits per heavy atom. The van der Waals surface area contributed by atoms with Crippen LogP contribution in [0.3, 0.4) is 0 Å². The van der Waals surface area contributed by atoms with Crippen LogP contribution in [-0.4, -0.2) is 24.1 Å². The van der Waals surface area contributed by atoms with E-state index in [1.165, 1.54) is 30.5 Å². The summed E-state index contributed by atoms with van der Waals surface area (Å²) in [5, 5.41) is 0. The minimum absolute atomic E-state index is 0.111. The lowest BCUT2D eigenvalue weighted by atomic mass is 10.2. The molecule has 0 aliphatic heterocycles. The van der Waals surface area contributed by atoms with Crippen LogP contribution in [-0.2, 0) is 4.79 Å². The van der Waals surface area contributed by atoms with Gasteiger partial charge in [0.2, 0.25) is 5.88 Å². The molecule has 1 aromatic heterocycles. The SMILES string of the molecule is O=CC=Cc1ccc(OCC(F)(F)F)nc1. The summed E-state index contributed by atoms with van der Waals surface area (Å²) in [6.07, 6.45) is 0.262. The molecule has 0 unspecified atom stereocenters. The van der Waals surface area contributed by atoms with Gasteiger partial charge in [-0.1, -0.05) is 6.08 Å². The highest BCUT2D eigenvalue weighted by molar-refractivity contribution is 5.73. The van der Waals surface area contributed by atoms with E-state index in [1.54, 1.807) is 0 Å². The van der Waals surface area contributed by atoms with Gasteiger partial charge in [0.1, 0.15) is 6.29 Å². The zero-order chi connectivity index (χ0) is 12.0. The number of rotatable bonds is 4. The van der Waals surface area contributed by atoms with Crippen molar-refractivity contribution < 1.29 is 22.7 Å². The molecule has 3 nitrogen and oxygen atoms in total. The molecule has 1 heterocycles. The summed E-state index contributed by atoms with van der Waals surface area (Å²) in [6, 6.07) is 2.80. The van der Waals surface area contributed by atoms with Crippen molar-refractivity contribution >= 4 is 12.4 Å². The Labute approximate surface area is 89.6 Å². The van der Waals surface area contributed by atoms with Gasteiger partial charge in [-0.3, -0.25) is 4.79 Å².